The van der Waals surface area contributed by atoms with Crippen LogP contribution < -0.4 is 16.2 Å². The van der Waals surface area contributed by atoms with Crippen molar-refractivity contribution in [1.82, 2.24) is 24.7 Å². The summed E-state index contributed by atoms with van der Waals surface area (Å²) in [6, 6.07) is 9.51. The lowest BCUT2D eigenvalue weighted by atomic mass is 10.0. The zero-order valence-corrected chi connectivity index (χ0v) is 19.3. The van der Waals surface area contributed by atoms with Crippen molar-refractivity contribution in [3.63, 3.8) is 0 Å². The molecule has 0 aliphatic rings. The van der Waals surface area contributed by atoms with Gasteiger partial charge in [-0.05, 0) is 30.3 Å². The minimum absolute atomic E-state index is 0.0136. The van der Waals surface area contributed by atoms with Crippen LogP contribution >= 0.6 is 11.6 Å². The molecule has 0 amide bonds. The third-order valence-corrected chi connectivity index (χ3v) is 5.78. The van der Waals surface area contributed by atoms with E-state index in [9.17, 15) is 8.78 Å². The van der Waals surface area contributed by atoms with Crippen LogP contribution in [0.5, 0.6) is 5.75 Å². The monoisotopic (exact) mass is 511 g/mol. The Balaban J connectivity index is 1.67. The van der Waals surface area contributed by atoms with Gasteiger partial charge in [-0.15, -0.1) is 0 Å². The highest BCUT2D eigenvalue weighted by Crippen LogP contribution is 2.36. The average Bonchev–Trinajstić information content (AvgIpc) is 3.23. The summed E-state index contributed by atoms with van der Waals surface area (Å²) in [5, 5.41) is 4.82. The minimum Gasteiger partial charge on any atom is -0.495 e. The van der Waals surface area contributed by atoms with Crippen LogP contribution in [0.3, 0.4) is 0 Å². The number of methoxy groups -OCH3 is 1. The quantitative estimate of drug-likeness (QED) is 0.339. The third-order valence-electron chi connectivity index (χ3n) is 5.55. The number of pyridine rings is 1. The first-order valence-electron chi connectivity index (χ1n) is 10.5. The molecule has 0 saturated carbocycles. The maximum atomic E-state index is 15.6. The summed E-state index contributed by atoms with van der Waals surface area (Å²) >= 11 is 6.14. The number of nitrogen functional groups attached to an aromatic ring is 2. The normalized spacial score (nSPS) is 12.1. The molecule has 0 saturated heterocycles. The second-order valence-electron chi connectivity index (χ2n) is 7.75. The van der Waals surface area contributed by atoms with Crippen LogP contribution in [0, 0.1) is 11.6 Å². The Labute approximate surface area is 207 Å². The SMILES string of the molecule is COc1cncc(-c2c(N)nc(-n3nc(C(F)c4cccc(F)c4F)c4cc(Cl)ccc43)nc2N)c1. The summed E-state index contributed by atoms with van der Waals surface area (Å²) in [6.07, 6.45) is 0.931. The second-order valence-corrected chi connectivity index (χ2v) is 8.18. The van der Waals surface area contributed by atoms with Crippen molar-refractivity contribution in [2.75, 3.05) is 18.6 Å². The molecule has 0 aliphatic carbocycles. The molecule has 0 bridgehead atoms. The molecular weight excluding hydrogens is 495 g/mol. The second kappa shape index (κ2) is 9.00. The number of halogens is 4. The molecule has 3 aromatic heterocycles. The van der Waals surface area contributed by atoms with Gasteiger partial charge >= 0.3 is 0 Å². The molecule has 36 heavy (non-hydrogen) atoms. The third kappa shape index (κ3) is 3.93. The number of nitrogens with two attached hydrogens (primary N) is 2. The molecule has 8 nitrogen and oxygen atoms in total. The Morgan fingerprint density at radius 1 is 1.03 bits per heavy atom. The number of hydrogen-bond donors (Lipinski definition) is 2. The predicted octanol–water partition coefficient (Wildman–Crippen LogP) is 5.04. The number of nitrogens with zero attached hydrogens (tertiary/aromatic N) is 5. The summed E-state index contributed by atoms with van der Waals surface area (Å²) < 4.78 is 50.1. The molecular formula is C24H17ClF3N7O. The van der Waals surface area contributed by atoms with Crippen molar-refractivity contribution in [1.29, 1.82) is 0 Å². The molecule has 3 heterocycles. The number of hydrogen-bond acceptors (Lipinski definition) is 7. The van der Waals surface area contributed by atoms with Gasteiger partial charge in [0.25, 0.3) is 5.95 Å². The van der Waals surface area contributed by atoms with Crippen LogP contribution in [-0.4, -0.2) is 31.8 Å². The van der Waals surface area contributed by atoms with Gasteiger partial charge < -0.3 is 16.2 Å². The zero-order valence-electron chi connectivity index (χ0n) is 18.6. The van der Waals surface area contributed by atoms with Crippen LogP contribution in [0.2, 0.25) is 5.02 Å². The van der Waals surface area contributed by atoms with Gasteiger partial charge in [0.1, 0.15) is 23.1 Å². The minimum atomic E-state index is -2.11. The highest BCUT2D eigenvalue weighted by molar-refractivity contribution is 6.31. The highest BCUT2D eigenvalue weighted by atomic mass is 35.5. The summed E-state index contributed by atoms with van der Waals surface area (Å²) in [4.78, 5) is 12.7. The van der Waals surface area contributed by atoms with Crippen LogP contribution in [0.1, 0.15) is 17.4 Å². The Hall–Kier alpha value is -4.38. The summed E-state index contributed by atoms with van der Waals surface area (Å²) in [7, 11) is 1.49. The molecule has 2 aromatic carbocycles. The van der Waals surface area contributed by atoms with Gasteiger partial charge in [-0.25, -0.2) is 13.2 Å². The number of aromatic nitrogens is 5. The van der Waals surface area contributed by atoms with Gasteiger partial charge in [0.05, 0.1) is 24.4 Å². The first kappa shape index (κ1) is 23.4. The van der Waals surface area contributed by atoms with Crippen molar-refractivity contribution in [2.24, 2.45) is 0 Å². The van der Waals surface area contributed by atoms with Gasteiger partial charge in [-0.3, -0.25) is 4.98 Å². The van der Waals surface area contributed by atoms with Gasteiger partial charge in [-0.1, -0.05) is 23.7 Å². The van der Waals surface area contributed by atoms with Crippen molar-refractivity contribution in [3.8, 4) is 22.8 Å². The average molecular weight is 512 g/mol. The number of benzene rings is 2. The topological polar surface area (TPSA) is 118 Å². The Morgan fingerprint density at radius 2 is 1.78 bits per heavy atom. The molecule has 0 radical (unpaired) electrons. The van der Waals surface area contributed by atoms with E-state index in [4.69, 9.17) is 27.8 Å². The molecule has 1 atom stereocenters. The van der Waals surface area contributed by atoms with E-state index in [1.54, 1.807) is 18.2 Å². The first-order valence-corrected chi connectivity index (χ1v) is 10.8. The largest absolute Gasteiger partial charge is 0.495 e. The Bertz CT molecular complexity index is 1600. The van der Waals surface area contributed by atoms with Crippen molar-refractivity contribution in [3.05, 3.63) is 82.8 Å². The lowest BCUT2D eigenvalue weighted by Crippen LogP contribution is -2.10. The zero-order chi connectivity index (χ0) is 25.6. The lowest BCUT2D eigenvalue weighted by molar-refractivity contribution is 0.371. The van der Waals surface area contributed by atoms with E-state index in [-0.39, 0.29) is 33.7 Å². The number of fused-ring (bicyclic) bond motifs is 1. The molecule has 1 unspecified atom stereocenters. The van der Waals surface area contributed by atoms with Crippen molar-refractivity contribution >= 4 is 34.1 Å². The molecule has 5 aromatic rings. The fraction of sp³-hybridized carbons (Fsp3) is 0.0833. The predicted molar refractivity (Wildman–Crippen MR) is 130 cm³/mol. The number of ether oxygens (including phenoxy) is 1. The van der Waals surface area contributed by atoms with E-state index in [1.165, 1.54) is 36.3 Å². The lowest BCUT2D eigenvalue weighted by Gasteiger charge is -2.11. The number of rotatable bonds is 5. The standard InChI is InChI=1S/C24H17ClF3N7O/c1-36-13-7-11(9-31-10-13)18-22(29)32-24(33-23(18)30)35-17-6-5-12(25)8-15(17)21(34-35)20(28)14-3-2-4-16(26)19(14)27/h2-10,20H,1H3,(H4,29,30,32,33). The van der Waals surface area contributed by atoms with E-state index in [2.05, 4.69) is 20.1 Å². The molecule has 12 heteroatoms. The highest BCUT2D eigenvalue weighted by Gasteiger charge is 2.27. The maximum absolute atomic E-state index is 15.6. The van der Waals surface area contributed by atoms with Gasteiger partial charge in [0, 0.05) is 27.7 Å². The maximum Gasteiger partial charge on any atom is 0.255 e. The van der Waals surface area contributed by atoms with Crippen molar-refractivity contribution in [2.45, 2.75) is 6.17 Å². The van der Waals surface area contributed by atoms with Gasteiger partial charge in [-0.2, -0.15) is 19.7 Å². The molecule has 0 spiro atoms. The molecule has 0 aliphatic heterocycles. The van der Waals surface area contributed by atoms with E-state index >= 15 is 4.39 Å². The van der Waals surface area contributed by atoms with Crippen molar-refractivity contribution < 1.29 is 17.9 Å². The first-order chi connectivity index (χ1) is 17.3. The van der Waals surface area contributed by atoms with Crippen LogP contribution in [0.15, 0.2) is 54.9 Å². The summed E-state index contributed by atoms with van der Waals surface area (Å²) in [6.45, 7) is 0. The Morgan fingerprint density at radius 3 is 2.50 bits per heavy atom. The van der Waals surface area contributed by atoms with E-state index in [1.807, 2.05) is 0 Å². The fourth-order valence-electron chi connectivity index (χ4n) is 3.86. The number of anilines is 2. The molecule has 182 valence electrons. The van der Waals surface area contributed by atoms with E-state index in [0.717, 1.165) is 12.1 Å². The van der Waals surface area contributed by atoms with Gasteiger partial charge in [0.15, 0.2) is 17.8 Å². The number of alkyl halides is 1. The van der Waals surface area contributed by atoms with E-state index in [0.29, 0.717) is 22.4 Å². The summed E-state index contributed by atoms with van der Waals surface area (Å²) in [5.74, 6) is -2.04. The fourth-order valence-corrected chi connectivity index (χ4v) is 4.03. The molecule has 0 fully saturated rings. The van der Waals surface area contributed by atoms with Crippen LogP contribution in [0.4, 0.5) is 24.8 Å². The molecule has 4 N–H and O–H groups in total. The smallest absolute Gasteiger partial charge is 0.255 e. The van der Waals surface area contributed by atoms with E-state index < -0.39 is 23.4 Å². The summed E-state index contributed by atoms with van der Waals surface area (Å²) in [5.41, 5.74) is 12.9. The van der Waals surface area contributed by atoms with Crippen LogP contribution in [-0.2, 0) is 0 Å². The van der Waals surface area contributed by atoms with Crippen LogP contribution in [0.25, 0.3) is 28.0 Å². The molecule has 5 rings (SSSR count). The Kier molecular flexibility index (Phi) is 5.84. The van der Waals surface area contributed by atoms with Gasteiger partial charge in [0.2, 0.25) is 0 Å².